The number of carbonyl (C=O) groups is 1. The lowest BCUT2D eigenvalue weighted by Gasteiger charge is -2.21. The van der Waals surface area contributed by atoms with Crippen LogP contribution in [-0.2, 0) is 0 Å². The second-order valence-electron chi connectivity index (χ2n) is 4.74. The van der Waals surface area contributed by atoms with Gasteiger partial charge >= 0.3 is 0 Å². The first-order valence-electron chi connectivity index (χ1n) is 6.37. The maximum absolute atomic E-state index is 12.2. The maximum Gasteiger partial charge on any atom is 0.251 e. The number of halogens is 2. The molecular formula is C14H17Br2NO. The molecule has 0 bridgehead atoms. The predicted molar refractivity (Wildman–Crippen MR) is 81.2 cm³/mol. The molecule has 2 rings (SSSR count). The van der Waals surface area contributed by atoms with Crippen LogP contribution in [0, 0.1) is 0 Å². The number of alkyl halides is 1. The van der Waals surface area contributed by atoms with Crippen molar-refractivity contribution >= 4 is 37.8 Å². The van der Waals surface area contributed by atoms with Crippen molar-refractivity contribution in [1.82, 2.24) is 5.32 Å². The molecule has 1 aromatic rings. The second-order valence-corrected chi connectivity index (χ2v) is 6.84. The minimum absolute atomic E-state index is 0.0210. The van der Waals surface area contributed by atoms with Crippen LogP contribution in [-0.4, -0.2) is 16.8 Å². The van der Waals surface area contributed by atoms with Gasteiger partial charge in [-0.2, -0.15) is 0 Å². The number of nitrogens with one attached hydrogen (secondary N) is 1. The Labute approximate surface area is 125 Å². The number of rotatable bonds is 2. The molecular weight excluding hydrogens is 358 g/mol. The lowest BCUT2D eigenvalue weighted by Crippen LogP contribution is -2.40. The molecule has 98 valence electrons. The van der Waals surface area contributed by atoms with Gasteiger partial charge in [-0.05, 0) is 31.0 Å². The zero-order chi connectivity index (χ0) is 13.0. The van der Waals surface area contributed by atoms with Crippen molar-refractivity contribution in [1.29, 1.82) is 0 Å². The van der Waals surface area contributed by atoms with Gasteiger partial charge in [0.05, 0.1) is 0 Å². The summed E-state index contributed by atoms with van der Waals surface area (Å²) in [5.74, 6) is 0.0210. The fourth-order valence-electron chi connectivity index (χ4n) is 2.31. The third kappa shape index (κ3) is 3.82. The predicted octanol–water partition coefficient (Wildman–Crippen LogP) is 4.28. The molecule has 0 saturated heterocycles. The molecule has 1 aliphatic carbocycles. The second kappa shape index (κ2) is 6.71. The van der Waals surface area contributed by atoms with E-state index in [1.807, 2.05) is 24.3 Å². The highest BCUT2D eigenvalue weighted by Gasteiger charge is 2.23. The SMILES string of the molecule is O=C(NC1CCCCCC1Br)c1cccc(Br)c1. The van der Waals surface area contributed by atoms with Crippen LogP contribution < -0.4 is 5.32 Å². The first kappa shape index (κ1) is 14.1. The Morgan fingerprint density at radius 1 is 1.22 bits per heavy atom. The van der Waals surface area contributed by atoms with E-state index in [1.54, 1.807) is 0 Å². The van der Waals surface area contributed by atoms with E-state index < -0.39 is 0 Å². The molecule has 18 heavy (non-hydrogen) atoms. The molecule has 0 heterocycles. The number of hydrogen-bond acceptors (Lipinski definition) is 1. The van der Waals surface area contributed by atoms with Crippen LogP contribution in [0.2, 0.25) is 0 Å². The molecule has 0 aliphatic heterocycles. The van der Waals surface area contributed by atoms with E-state index in [9.17, 15) is 4.79 Å². The highest BCUT2D eigenvalue weighted by atomic mass is 79.9. The summed E-state index contributed by atoms with van der Waals surface area (Å²) in [6, 6.07) is 7.77. The third-order valence-corrected chi connectivity index (χ3v) is 4.92. The highest BCUT2D eigenvalue weighted by molar-refractivity contribution is 9.10. The monoisotopic (exact) mass is 373 g/mol. The van der Waals surface area contributed by atoms with Crippen molar-refractivity contribution < 1.29 is 4.79 Å². The van der Waals surface area contributed by atoms with Crippen molar-refractivity contribution in [3.8, 4) is 0 Å². The van der Waals surface area contributed by atoms with E-state index in [1.165, 1.54) is 19.3 Å². The van der Waals surface area contributed by atoms with Crippen LogP contribution >= 0.6 is 31.9 Å². The van der Waals surface area contributed by atoms with E-state index in [0.717, 1.165) is 17.3 Å². The van der Waals surface area contributed by atoms with Gasteiger partial charge in [-0.15, -0.1) is 0 Å². The van der Waals surface area contributed by atoms with Crippen molar-refractivity contribution in [2.24, 2.45) is 0 Å². The lowest BCUT2D eigenvalue weighted by atomic mass is 10.1. The average Bonchev–Trinajstić information content (AvgIpc) is 2.55. The number of amides is 1. The Bertz CT molecular complexity index is 422. The van der Waals surface area contributed by atoms with E-state index in [2.05, 4.69) is 37.2 Å². The molecule has 1 aliphatic rings. The summed E-state index contributed by atoms with van der Waals surface area (Å²) in [4.78, 5) is 12.6. The van der Waals surface area contributed by atoms with Gasteiger partial charge in [0.1, 0.15) is 0 Å². The summed E-state index contributed by atoms with van der Waals surface area (Å²) in [5.41, 5.74) is 0.716. The van der Waals surface area contributed by atoms with Crippen molar-refractivity contribution in [3.05, 3.63) is 34.3 Å². The zero-order valence-electron chi connectivity index (χ0n) is 10.2. The fraction of sp³-hybridized carbons (Fsp3) is 0.500. The normalized spacial score (nSPS) is 24.3. The van der Waals surface area contributed by atoms with Crippen molar-refractivity contribution in [2.75, 3.05) is 0 Å². The zero-order valence-corrected chi connectivity index (χ0v) is 13.3. The smallest absolute Gasteiger partial charge is 0.251 e. The summed E-state index contributed by atoms with van der Waals surface area (Å²) in [6.45, 7) is 0. The summed E-state index contributed by atoms with van der Waals surface area (Å²) >= 11 is 7.09. The van der Waals surface area contributed by atoms with E-state index in [0.29, 0.717) is 10.4 Å². The molecule has 2 unspecified atom stereocenters. The molecule has 4 heteroatoms. The Morgan fingerprint density at radius 2 is 2.00 bits per heavy atom. The first-order chi connectivity index (χ1) is 8.66. The first-order valence-corrected chi connectivity index (χ1v) is 8.08. The van der Waals surface area contributed by atoms with Gasteiger partial charge in [0.25, 0.3) is 5.91 Å². The van der Waals surface area contributed by atoms with E-state index >= 15 is 0 Å². The lowest BCUT2D eigenvalue weighted by molar-refractivity contribution is 0.0935. The van der Waals surface area contributed by atoms with E-state index in [4.69, 9.17) is 0 Å². The van der Waals surface area contributed by atoms with Crippen LogP contribution in [0.15, 0.2) is 28.7 Å². The van der Waals surface area contributed by atoms with Gasteiger partial charge < -0.3 is 5.32 Å². The Morgan fingerprint density at radius 3 is 2.78 bits per heavy atom. The van der Waals surface area contributed by atoms with E-state index in [-0.39, 0.29) is 11.9 Å². The minimum atomic E-state index is 0.0210. The standard InChI is InChI=1S/C14H17Br2NO/c15-11-6-4-5-10(9-11)14(18)17-13-8-3-1-2-7-12(13)16/h4-6,9,12-13H,1-3,7-8H2,(H,17,18). The van der Waals surface area contributed by atoms with Gasteiger partial charge in [-0.3, -0.25) is 4.79 Å². The summed E-state index contributed by atoms with van der Waals surface area (Å²) in [7, 11) is 0. The number of carbonyl (C=O) groups excluding carboxylic acids is 1. The average molecular weight is 375 g/mol. The third-order valence-electron chi connectivity index (χ3n) is 3.33. The molecule has 0 aromatic heterocycles. The molecule has 1 N–H and O–H groups in total. The van der Waals surface area contributed by atoms with Crippen LogP contribution in [0.4, 0.5) is 0 Å². The largest absolute Gasteiger partial charge is 0.348 e. The van der Waals surface area contributed by atoms with Gasteiger partial charge in [-0.1, -0.05) is 57.2 Å². The summed E-state index contributed by atoms with van der Waals surface area (Å²) in [6.07, 6.45) is 5.93. The Balaban J connectivity index is 2.01. The molecule has 2 atom stereocenters. The van der Waals surface area contributed by atoms with Crippen LogP contribution in [0.25, 0.3) is 0 Å². The summed E-state index contributed by atoms with van der Waals surface area (Å²) < 4.78 is 0.936. The Kier molecular flexibility index (Phi) is 5.25. The van der Waals surface area contributed by atoms with Gasteiger partial charge in [0.15, 0.2) is 0 Å². The number of benzene rings is 1. The highest BCUT2D eigenvalue weighted by Crippen LogP contribution is 2.24. The minimum Gasteiger partial charge on any atom is -0.348 e. The molecule has 1 amide bonds. The number of hydrogen-bond donors (Lipinski definition) is 1. The van der Waals surface area contributed by atoms with Gasteiger partial charge in [0.2, 0.25) is 0 Å². The van der Waals surface area contributed by atoms with Crippen LogP contribution in [0.5, 0.6) is 0 Å². The molecule has 0 radical (unpaired) electrons. The molecule has 0 spiro atoms. The van der Waals surface area contributed by atoms with Crippen LogP contribution in [0.3, 0.4) is 0 Å². The van der Waals surface area contributed by atoms with Crippen molar-refractivity contribution in [3.63, 3.8) is 0 Å². The van der Waals surface area contributed by atoms with Gasteiger partial charge in [-0.25, -0.2) is 0 Å². The molecule has 1 saturated carbocycles. The maximum atomic E-state index is 12.2. The molecule has 1 aromatic carbocycles. The van der Waals surface area contributed by atoms with Gasteiger partial charge in [0, 0.05) is 20.9 Å². The summed E-state index contributed by atoms with van der Waals surface area (Å²) in [5, 5.41) is 3.15. The quantitative estimate of drug-likeness (QED) is 0.607. The Hall–Kier alpha value is -0.350. The topological polar surface area (TPSA) is 29.1 Å². The molecule has 2 nitrogen and oxygen atoms in total. The fourth-order valence-corrected chi connectivity index (χ4v) is 3.43. The molecule has 1 fully saturated rings. The van der Waals surface area contributed by atoms with Crippen molar-refractivity contribution in [2.45, 2.75) is 43.0 Å². The van der Waals surface area contributed by atoms with Crippen LogP contribution in [0.1, 0.15) is 42.5 Å².